The molecular formula is C12H17N5O4. The Labute approximate surface area is 121 Å². The topological polar surface area (TPSA) is 93.9 Å². The zero-order valence-electron chi connectivity index (χ0n) is 11.6. The average molecular weight is 295 g/mol. The molecule has 0 aliphatic carbocycles. The van der Waals surface area contributed by atoms with Crippen LogP contribution in [0.3, 0.4) is 0 Å². The van der Waals surface area contributed by atoms with Gasteiger partial charge in [0.1, 0.15) is 6.20 Å². The van der Waals surface area contributed by atoms with E-state index in [1.165, 1.54) is 6.20 Å². The molecule has 2 aliphatic heterocycles. The molecule has 0 saturated carbocycles. The van der Waals surface area contributed by atoms with Gasteiger partial charge in [-0.05, 0) is 0 Å². The van der Waals surface area contributed by atoms with Crippen LogP contribution in [0.25, 0.3) is 0 Å². The molecule has 0 N–H and O–H groups in total. The minimum Gasteiger partial charge on any atom is -0.378 e. The first kappa shape index (κ1) is 14.0. The van der Waals surface area contributed by atoms with Crippen LogP contribution in [0.5, 0.6) is 0 Å². The first-order valence-corrected chi connectivity index (χ1v) is 6.92. The lowest BCUT2D eigenvalue weighted by Crippen LogP contribution is -2.39. The van der Waals surface area contributed by atoms with Crippen molar-refractivity contribution in [1.82, 2.24) is 9.97 Å². The molecule has 3 rings (SSSR count). The van der Waals surface area contributed by atoms with Crippen LogP contribution >= 0.6 is 0 Å². The minimum absolute atomic E-state index is 0.0612. The Bertz CT molecular complexity index is 514. The third-order valence-corrected chi connectivity index (χ3v) is 3.54. The Balaban J connectivity index is 1.91. The van der Waals surface area contributed by atoms with Crippen molar-refractivity contribution in [3.8, 4) is 0 Å². The lowest BCUT2D eigenvalue weighted by molar-refractivity contribution is -0.384. The van der Waals surface area contributed by atoms with Crippen molar-refractivity contribution in [2.24, 2.45) is 0 Å². The highest BCUT2D eigenvalue weighted by molar-refractivity contribution is 5.59. The molecule has 0 radical (unpaired) electrons. The SMILES string of the molecule is O=[N+]([O-])c1cnc(N2CCOCC2)nc1N1CCOCC1. The predicted octanol–water partition coefficient (Wildman–Crippen LogP) is 0.0580. The maximum Gasteiger partial charge on any atom is 0.329 e. The summed E-state index contributed by atoms with van der Waals surface area (Å²) in [4.78, 5) is 23.2. The molecule has 2 saturated heterocycles. The van der Waals surface area contributed by atoms with Crippen molar-refractivity contribution >= 4 is 17.5 Å². The van der Waals surface area contributed by atoms with E-state index in [1.807, 2.05) is 9.80 Å². The molecule has 0 aromatic carbocycles. The molecule has 2 fully saturated rings. The van der Waals surface area contributed by atoms with Crippen LogP contribution in [0.1, 0.15) is 0 Å². The largest absolute Gasteiger partial charge is 0.378 e. The Morgan fingerprint density at radius 2 is 1.62 bits per heavy atom. The molecule has 9 nitrogen and oxygen atoms in total. The van der Waals surface area contributed by atoms with E-state index in [-0.39, 0.29) is 5.69 Å². The summed E-state index contributed by atoms with van der Waals surface area (Å²) in [6.07, 6.45) is 1.29. The first-order valence-electron chi connectivity index (χ1n) is 6.92. The van der Waals surface area contributed by atoms with Gasteiger partial charge in [-0.1, -0.05) is 0 Å². The molecular weight excluding hydrogens is 278 g/mol. The van der Waals surface area contributed by atoms with E-state index in [9.17, 15) is 10.1 Å². The van der Waals surface area contributed by atoms with Crippen LogP contribution in [0, 0.1) is 10.1 Å². The predicted molar refractivity (Wildman–Crippen MR) is 74.8 cm³/mol. The summed E-state index contributed by atoms with van der Waals surface area (Å²) in [5.74, 6) is 0.894. The van der Waals surface area contributed by atoms with Gasteiger partial charge in [0.2, 0.25) is 11.8 Å². The zero-order valence-corrected chi connectivity index (χ0v) is 11.6. The Kier molecular flexibility index (Phi) is 4.11. The highest BCUT2D eigenvalue weighted by Gasteiger charge is 2.26. The Hall–Kier alpha value is -2.00. The number of hydrogen-bond acceptors (Lipinski definition) is 8. The van der Waals surface area contributed by atoms with Gasteiger partial charge in [0.25, 0.3) is 0 Å². The van der Waals surface area contributed by atoms with Gasteiger partial charge in [-0.3, -0.25) is 10.1 Å². The standard InChI is InChI=1S/C12H17N5O4/c18-17(19)10-9-13-12(16-3-7-21-8-4-16)14-11(10)15-1-5-20-6-2-15/h9H,1-8H2. The number of morpholine rings is 2. The molecule has 114 valence electrons. The van der Waals surface area contributed by atoms with Crippen LogP contribution in [0.2, 0.25) is 0 Å². The monoisotopic (exact) mass is 295 g/mol. The molecule has 2 aliphatic rings. The highest BCUT2D eigenvalue weighted by atomic mass is 16.6. The fourth-order valence-electron chi connectivity index (χ4n) is 2.41. The smallest absolute Gasteiger partial charge is 0.329 e. The molecule has 1 aromatic rings. The summed E-state index contributed by atoms with van der Waals surface area (Å²) in [5.41, 5.74) is -0.0612. The van der Waals surface area contributed by atoms with Crippen molar-refractivity contribution < 1.29 is 14.4 Å². The van der Waals surface area contributed by atoms with Crippen molar-refractivity contribution in [2.75, 3.05) is 62.4 Å². The fourth-order valence-corrected chi connectivity index (χ4v) is 2.41. The lowest BCUT2D eigenvalue weighted by Gasteiger charge is -2.30. The summed E-state index contributed by atoms with van der Waals surface area (Å²) >= 11 is 0. The van der Waals surface area contributed by atoms with E-state index in [1.54, 1.807) is 0 Å². The van der Waals surface area contributed by atoms with Crippen LogP contribution in [0.15, 0.2) is 6.20 Å². The van der Waals surface area contributed by atoms with Gasteiger partial charge in [-0.25, -0.2) is 4.98 Å². The number of hydrogen-bond donors (Lipinski definition) is 0. The lowest BCUT2D eigenvalue weighted by atomic mass is 10.3. The van der Waals surface area contributed by atoms with Gasteiger partial charge in [-0.15, -0.1) is 0 Å². The highest BCUT2D eigenvalue weighted by Crippen LogP contribution is 2.27. The molecule has 0 amide bonds. The van der Waals surface area contributed by atoms with Gasteiger partial charge in [0.15, 0.2) is 0 Å². The van der Waals surface area contributed by atoms with Gasteiger partial charge in [0, 0.05) is 26.2 Å². The summed E-state index contributed by atoms with van der Waals surface area (Å²) in [6, 6.07) is 0. The minimum atomic E-state index is -0.437. The summed E-state index contributed by atoms with van der Waals surface area (Å²) in [7, 11) is 0. The van der Waals surface area contributed by atoms with Crippen molar-refractivity contribution in [1.29, 1.82) is 0 Å². The maximum absolute atomic E-state index is 11.2. The normalized spacial score (nSPS) is 19.6. The molecule has 21 heavy (non-hydrogen) atoms. The van der Waals surface area contributed by atoms with Gasteiger partial charge >= 0.3 is 5.69 Å². The average Bonchev–Trinajstić information content (AvgIpc) is 2.56. The quantitative estimate of drug-likeness (QED) is 0.570. The Morgan fingerprint density at radius 1 is 1.05 bits per heavy atom. The van der Waals surface area contributed by atoms with Crippen molar-refractivity contribution in [3.05, 3.63) is 16.3 Å². The van der Waals surface area contributed by atoms with E-state index in [0.717, 1.165) is 0 Å². The van der Waals surface area contributed by atoms with E-state index >= 15 is 0 Å². The number of ether oxygens (including phenoxy) is 2. The number of nitrogens with zero attached hydrogens (tertiary/aromatic N) is 5. The van der Waals surface area contributed by atoms with Crippen LogP contribution < -0.4 is 9.80 Å². The third kappa shape index (κ3) is 3.03. The second kappa shape index (κ2) is 6.19. The first-order chi connectivity index (χ1) is 10.3. The molecule has 3 heterocycles. The molecule has 9 heteroatoms. The third-order valence-electron chi connectivity index (χ3n) is 3.54. The van der Waals surface area contributed by atoms with Crippen LogP contribution in [0.4, 0.5) is 17.5 Å². The molecule has 0 unspecified atom stereocenters. The molecule has 1 aromatic heterocycles. The van der Waals surface area contributed by atoms with Crippen molar-refractivity contribution in [3.63, 3.8) is 0 Å². The van der Waals surface area contributed by atoms with Gasteiger partial charge in [0.05, 0.1) is 31.4 Å². The number of rotatable bonds is 3. The Morgan fingerprint density at radius 3 is 2.19 bits per heavy atom. The summed E-state index contributed by atoms with van der Waals surface area (Å²) in [5, 5.41) is 11.2. The van der Waals surface area contributed by atoms with E-state index < -0.39 is 4.92 Å². The number of anilines is 2. The summed E-state index contributed by atoms with van der Waals surface area (Å²) in [6.45, 7) is 4.92. The van der Waals surface area contributed by atoms with Gasteiger partial charge in [-0.2, -0.15) is 4.98 Å². The van der Waals surface area contributed by atoms with Crippen LogP contribution in [-0.4, -0.2) is 67.5 Å². The van der Waals surface area contributed by atoms with Crippen molar-refractivity contribution in [2.45, 2.75) is 0 Å². The molecule has 0 bridgehead atoms. The van der Waals surface area contributed by atoms with Crippen LogP contribution in [-0.2, 0) is 9.47 Å². The van der Waals surface area contributed by atoms with E-state index in [4.69, 9.17) is 9.47 Å². The van der Waals surface area contributed by atoms with Gasteiger partial charge < -0.3 is 19.3 Å². The van der Waals surface area contributed by atoms with E-state index in [2.05, 4.69) is 9.97 Å². The second-order valence-electron chi connectivity index (χ2n) is 4.83. The summed E-state index contributed by atoms with van der Waals surface area (Å²) < 4.78 is 10.6. The second-order valence-corrected chi connectivity index (χ2v) is 4.83. The maximum atomic E-state index is 11.2. The number of nitro groups is 1. The van der Waals surface area contributed by atoms with E-state index in [0.29, 0.717) is 64.4 Å². The molecule has 0 spiro atoms. The zero-order chi connectivity index (χ0) is 14.7. The molecule has 0 atom stereocenters. The number of aromatic nitrogens is 2. The fraction of sp³-hybridized carbons (Fsp3) is 0.667.